The van der Waals surface area contributed by atoms with Gasteiger partial charge in [0.2, 0.25) is 0 Å². The second-order valence-electron chi connectivity index (χ2n) is 5.11. The lowest BCUT2D eigenvalue weighted by molar-refractivity contribution is -0.0230. The number of nitrogens with two attached hydrogens (primary N) is 1. The zero-order valence-corrected chi connectivity index (χ0v) is 15.0. The minimum absolute atomic E-state index is 0. The van der Waals surface area contributed by atoms with Crippen molar-refractivity contribution in [1.29, 1.82) is 0 Å². The molecule has 1 aliphatic rings. The maximum absolute atomic E-state index is 13.3. The molecule has 2 N–H and O–H groups in total. The van der Waals surface area contributed by atoms with Crippen LogP contribution in [0.15, 0.2) is 23.6 Å². The number of rotatable bonds is 3. The molecule has 130 valence electrons. The van der Waals surface area contributed by atoms with E-state index in [4.69, 9.17) is 22.1 Å². The number of aromatic nitrogens is 1. The Morgan fingerprint density at radius 2 is 2.33 bits per heavy atom. The zero-order valence-electron chi connectivity index (χ0n) is 12.6. The van der Waals surface area contributed by atoms with Crippen LogP contribution in [0.4, 0.5) is 4.39 Å². The van der Waals surface area contributed by atoms with Gasteiger partial charge >= 0.3 is 0 Å². The Morgan fingerprint density at radius 3 is 3.00 bits per heavy atom. The predicted molar refractivity (Wildman–Crippen MR) is 93.3 cm³/mol. The molecule has 1 fully saturated rings. The van der Waals surface area contributed by atoms with Crippen molar-refractivity contribution in [3.8, 4) is 0 Å². The second-order valence-corrected chi connectivity index (χ2v) is 6.46. The lowest BCUT2D eigenvalue weighted by Gasteiger charge is -2.32. The summed E-state index contributed by atoms with van der Waals surface area (Å²) in [5.74, 6) is -0.626. The number of thiazole rings is 1. The predicted octanol–water partition coefficient (Wildman–Crippen LogP) is 3.03. The molecule has 1 amide bonds. The quantitative estimate of drug-likeness (QED) is 0.872. The molecule has 1 atom stereocenters. The van der Waals surface area contributed by atoms with Crippen molar-refractivity contribution in [3.05, 3.63) is 50.7 Å². The standard InChI is InChI=1S/C15H15ClFN3O2S.ClH/c16-10-5-9(1-2-11(10)17)13-7-20(3-4-22-13)15(21)12-8-23-14(6-18)19-12;/h1-2,5,8,13H,3-4,6-7,18H2;1H. The number of morpholine rings is 1. The molecule has 0 radical (unpaired) electrons. The van der Waals surface area contributed by atoms with Crippen LogP contribution in [0, 0.1) is 5.82 Å². The van der Waals surface area contributed by atoms with Gasteiger partial charge in [0, 0.05) is 18.5 Å². The first-order valence-electron chi connectivity index (χ1n) is 7.09. The van der Waals surface area contributed by atoms with Gasteiger partial charge in [0.25, 0.3) is 5.91 Å². The van der Waals surface area contributed by atoms with Crippen LogP contribution in [0.25, 0.3) is 0 Å². The fourth-order valence-corrected chi connectivity index (χ4v) is 3.25. The van der Waals surface area contributed by atoms with Crippen LogP contribution in [0.2, 0.25) is 5.02 Å². The molecule has 2 aromatic rings. The monoisotopic (exact) mass is 391 g/mol. The molecule has 0 spiro atoms. The summed E-state index contributed by atoms with van der Waals surface area (Å²) >= 11 is 7.18. The number of carbonyl (C=O) groups excluding carboxylic acids is 1. The van der Waals surface area contributed by atoms with Crippen LogP contribution in [0.3, 0.4) is 0 Å². The maximum atomic E-state index is 13.3. The Balaban J connectivity index is 0.00000208. The summed E-state index contributed by atoms with van der Waals surface area (Å²) in [5.41, 5.74) is 6.67. The number of carbonyl (C=O) groups is 1. The number of nitrogens with zero attached hydrogens (tertiary/aromatic N) is 2. The molecule has 9 heteroatoms. The van der Waals surface area contributed by atoms with Gasteiger partial charge in [-0.2, -0.15) is 0 Å². The first kappa shape index (κ1) is 19.1. The average Bonchev–Trinajstić information content (AvgIpc) is 3.06. The smallest absolute Gasteiger partial charge is 0.273 e. The molecule has 1 saturated heterocycles. The fourth-order valence-electron chi connectivity index (χ4n) is 2.41. The highest BCUT2D eigenvalue weighted by Gasteiger charge is 2.27. The van der Waals surface area contributed by atoms with E-state index < -0.39 is 5.82 Å². The van der Waals surface area contributed by atoms with Crippen LogP contribution in [-0.2, 0) is 11.3 Å². The summed E-state index contributed by atoms with van der Waals surface area (Å²) in [7, 11) is 0. The first-order chi connectivity index (χ1) is 11.1. The first-order valence-corrected chi connectivity index (χ1v) is 8.34. The van der Waals surface area contributed by atoms with Crippen molar-refractivity contribution >= 4 is 41.3 Å². The van der Waals surface area contributed by atoms with Gasteiger partial charge in [-0.1, -0.05) is 17.7 Å². The lowest BCUT2D eigenvalue weighted by atomic mass is 10.1. The Hall–Kier alpha value is -1.25. The molecular formula is C15H16Cl2FN3O2S. The molecular weight excluding hydrogens is 376 g/mol. The Morgan fingerprint density at radius 1 is 1.54 bits per heavy atom. The molecule has 1 aromatic carbocycles. The Labute approximate surface area is 154 Å². The van der Waals surface area contributed by atoms with E-state index in [0.717, 1.165) is 10.6 Å². The van der Waals surface area contributed by atoms with Gasteiger partial charge in [-0.15, -0.1) is 23.7 Å². The number of benzene rings is 1. The number of hydrogen-bond acceptors (Lipinski definition) is 5. The van der Waals surface area contributed by atoms with E-state index in [0.29, 0.717) is 31.9 Å². The number of halogens is 3. The average molecular weight is 392 g/mol. The molecule has 1 unspecified atom stereocenters. The van der Waals surface area contributed by atoms with Crippen molar-refractivity contribution in [2.24, 2.45) is 5.73 Å². The topological polar surface area (TPSA) is 68.5 Å². The van der Waals surface area contributed by atoms with E-state index in [1.165, 1.54) is 23.5 Å². The summed E-state index contributed by atoms with van der Waals surface area (Å²) in [4.78, 5) is 18.4. The van der Waals surface area contributed by atoms with Crippen LogP contribution in [-0.4, -0.2) is 35.5 Å². The van der Waals surface area contributed by atoms with Gasteiger partial charge in [-0.25, -0.2) is 9.37 Å². The molecule has 5 nitrogen and oxygen atoms in total. The summed E-state index contributed by atoms with van der Waals surface area (Å²) in [5, 5.41) is 2.48. The van der Waals surface area contributed by atoms with Crippen molar-refractivity contribution in [2.45, 2.75) is 12.6 Å². The molecule has 3 rings (SSSR count). The van der Waals surface area contributed by atoms with Gasteiger partial charge in [0.15, 0.2) is 0 Å². The highest BCUT2D eigenvalue weighted by atomic mass is 35.5. The van der Waals surface area contributed by atoms with Gasteiger partial charge < -0.3 is 15.4 Å². The van der Waals surface area contributed by atoms with E-state index in [9.17, 15) is 9.18 Å². The number of hydrogen-bond donors (Lipinski definition) is 1. The van der Waals surface area contributed by atoms with E-state index in [2.05, 4.69) is 4.98 Å². The third-order valence-corrected chi connectivity index (χ3v) is 4.78. The van der Waals surface area contributed by atoms with E-state index >= 15 is 0 Å². The fraction of sp³-hybridized carbons (Fsp3) is 0.333. The largest absolute Gasteiger partial charge is 0.370 e. The minimum Gasteiger partial charge on any atom is -0.370 e. The Kier molecular flexibility index (Phi) is 6.54. The second kappa shape index (κ2) is 8.22. The van der Waals surface area contributed by atoms with E-state index in [-0.39, 0.29) is 29.4 Å². The molecule has 0 aliphatic carbocycles. The normalized spacial score (nSPS) is 17.5. The van der Waals surface area contributed by atoms with Crippen LogP contribution >= 0.6 is 35.3 Å². The maximum Gasteiger partial charge on any atom is 0.273 e. The summed E-state index contributed by atoms with van der Waals surface area (Å²) in [6.07, 6.45) is -0.335. The molecule has 24 heavy (non-hydrogen) atoms. The molecule has 2 heterocycles. The summed E-state index contributed by atoms with van der Waals surface area (Å²) in [6, 6.07) is 4.45. The van der Waals surface area contributed by atoms with Crippen LogP contribution in [0.5, 0.6) is 0 Å². The molecule has 1 aliphatic heterocycles. The summed E-state index contributed by atoms with van der Waals surface area (Å²) in [6.45, 7) is 1.58. The number of ether oxygens (including phenoxy) is 1. The van der Waals surface area contributed by atoms with Gasteiger partial charge in [-0.05, 0) is 17.7 Å². The van der Waals surface area contributed by atoms with Crippen molar-refractivity contribution < 1.29 is 13.9 Å². The lowest BCUT2D eigenvalue weighted by Crippen LogP contribution is -2.42. The van der Waals surface area contributed by atoms with Crippen molar-refractivity contribution in [1.82, 2.24) is 9.88 Å². The summed E-state index contributed by atoms with van der Waals surface area (Å²) < 4.78 is 19.0. The van der Waals surface area contributed by atoms with Crippen LogP contribution in [0.1, 0.15) is 27.2 Å². The number of amides is 1. The van der Waals surface area contributed by atoms with Crippen LogP contribution < -0.4 is 5.73 Å². The highest BCUT2D eigenvalue weighted by Crippen LogP contribution is 2.27. The third-order valence-electron chi connectivity index (χ3n) is 3.61. The highest BCUT2D eigenvalue weighted by molar-refractivity contribution is 7.09. The van der Waals surface area contributed by atoms with Crippen molar-refractivity contribution in [2.75, 3.05) is 19.7 Å². The zero-order chi connectivity index (χ0) is 16.4. The molecule has 0 saturated carbocycles. The van der Waals surface area contributed by atoms with Crippen molar-refractivity contribution in [3.63, 3.8) is 0 Å². The minimum atomic E-state index is -0.476. The van der Waals surface area contributed by atoms with E-state index in [1.54, 1.807) is 16.3 Å². The van der Waals surface area contributed by atoms with Gasteiger partial charge in [0.05, 0.1) is 18.2 Å². The van der Waals surface area contributed by atoms with Gasteiger partial charge in [0.1, 0.15) is 22.6 Å². The Bertz CT molecular complexity index is 728. The van der Waals surface area contributed by atoms with Gasteiger partial charge in [-0.3, -0.25) is 4.79 Å². The molecule has 0 bridgehead atoms. The van der Waals surface area contributed by atoms with E-state index in [1.807, 2.05) is 0 Å². The SMILES string of the molecule is Cl.NCc1nc(C(=O)N2CCOC(c3ccc(F)c(Cl)c3)C2)cs1. The molecule has 1 aromatic heterocycles. The third kappa shape index (κ3) is 4.04.